The van der Waals surface area contributed by atoms with Gasteiger partial charge < -0.3 is 14.6 Å². The Morgan fingerprint density at radius 2 is 2.12 bits per heavy atom. The zero-order chi connectivity index (χ0) is 12.8. The molecule has 0 fully saturated rings. The van der Waals surface area contributed by atoms with Gasteiger partial charge in [0, 0.05) is 5.02 Å². The number of aliphatic carboxylic acids is 1. The lowest BCUT2D eigenvalue weighted by atomic mass is 10.3. The molecule has 0 bridgehead atoms. The molecule has 0 radical (unpaired) electrons. The molecule has 1 aromatic carbocycles. The molecule has 1 atom stereocenters. The lowest BCUT2D eigenvalue weighted by Crippen LogP contribution is -2.22. The fraction of sp³-hybridized carbons (Fsp3) is 0.364. The van der Waals surface area contributed by atoms with Gasteiger partial charge in [-0.2, -0.15) is 0 Å². The van der Waals surface area contributed by atoms with Gasteiger partial charge in [0.15, 0.2) is 6.10 Å². The van der Waals surface area contributed by atoms with E-state index in [-0.39, 0.29) is 13.2 Å². The molecule has 0 aliphatic carbocycles. The maximum Gasteiger partial charge on any atom is 0.332 e. The molecule has 0 unspecified atom stereocenters. The third kappa shape index (κ3) is 4.81. The van der Waals surface area contributed by atoms with Crippen LogP contribution in [0, 0.1) is 0 Å². The summed E-state index contributed by atoms with van der Waals surface area (Å²) in [7, 11) is 0. The van der Waals surface area contributed by atoms with Crippen LogP contribution in [0.15, 0.2) is 18.2 Å². The quantitative estimate of drug-likeness (QED) is 0.813. The van der Waals surface area contributed by atoms with Crippen molar-refractivity contribution < 1.29 is 19.4 Å². The van der Waals surface area contributed by atoms with Crippen LogP contribution in [-0.4, -0.2) is 30.4 Å². The van der Waals surface area contributed by atoms with Crippen LogP contribution < -0.4 is 4.74 Å². The zero-order valence-corrected chi connectivity index (χ0v) is 10.7. The molecule has 94 valence electrons. The first-order chi connectivity index (χ1) is 8.00. The van der Waals surface area contributed by atoms with Gasteiger partial charge in [0.25, 0.3) is 0 Å². The van der Waals surface area contributed by atoms with Crippen molar-refractivity contribution in [3.8, 4) is 5.75 Å². The molecule has 6 heteroatoms. The molecular weight excluding hydrogens is 267 g/mol. The number of halogens is 2. The first kappa shape index (κ1) is 14.1. The van der Waals surface area contributed by atoms with Gasteiger partial charge in [-0.3, -0.25) is 0 Å². The Morgan fingerprint density at radius 3 is 2.71 bits per heavy atom. The average molecular weight is 279 g/mol. The van der Waals surface area contributed by atoms with E-state index in [9.17, 15) is 4.79 Å². The van der Waals surface area contributed by atoms with E-state index < -0.39 is 12.1 Å². The van der Waals surface area contributed by atoms with Crippen molar-refractivity contribution in [1.82, 2.24) is 0 Å². The van der Waals surface area contributed by atoms with Crippen LogP contribution in [0.3, 0.4) is 0 Å². The van der Waals surface area contributed by atoms with E-state index in [1.54, 1.807) is 18.2 Å². The molecule has 0 saturated heterocycles. The van der Waals surface area contributed by atoms with Gasteiger partial charge in [-0.25, -0.2) is 4.79 Å². The number of ether oxygens (including phenoxy) is 2. The van der Waals surface area contributed by atoms with Crippen molar-refractivity contribution in [3.05, 3.63) is 28.2 Å². The van der Waals surface area contributed by atoms with Gasteiger partial charge in [0.05, 0.1) is 11.6 Å². The summed E-state index contributed by atoms with van der Waals surface area (Å²) in [6.07, 6.45) is -0.848. The second-order valence-corrected chi connectivity index (χ2v) is 4.12. The summed E-state index contributed by atoms with van der Waals surface area (Å²) in [6, 6.07) is 4.87. The molecule has 0 spiro atoms. The fourth-order valence-electron chi connectivity index (χ4n) is 1.04. The van der Waals surface area contributed by atoms with Crippen molar-refractivity contribution in [2.75, 3.05) is 13.2 Å². The first-order valence-corrected chi connectivity index (χ1v) is 5.68. The molecule has 1 aromatic rings. The fourth-order valence-corrected chi connectivity index (χ4v) is 1.50. The molecule has 1 rings (SSSR count). The minimum Gasteiger partial charge on any atom is -0.490 e. The van der Waals surface area contributed by atoms with Crippen LogP contribution in [0.2, 0.25) is 10.0 Å². The van der Waals surface area contributed by atoms with Gasteiger partial charge in [0.2, 0.25) is 0 Å². The summed E-state index contributed by atoms with van der Waals surface area (Å²) in [6.45, 7) is 1.85. The third-order valence-electron chi connectivity index (χ3n) is 1.95. The summed E-state index contributed by atoms with van der Waals surface area (Å²) in [5.41, 5.74) is 0. The molecule has 17 heavy (non-hydrogen) atoms. The van der Waals surface area contributed by atoms with Gasteiger partial charge in [-0.05, 0) is 25.1 Å². The predicted molar refractivity (Wildman–Crippen MR) is 65.0 cm³/mol. The standard InChI is InChI=1S/C11H12Cl2O4/c1-7(11(14)15)16-4-5-17-10-3-2-8(12)6-9(10)13/h2-3,6-7H,4-5H2,1H3,(H,14,15)/t7-/m0/s1. The van der Waals surface area contributed by atoms with Crippen LogP contribution in [0.4, 0.5) is 0 Å². The van der Waals surface area contributed by atoms with Crippen molar-refractivity contribution >= 4 is 29.2 Å². The first-order valence-electron chi connectivity index (χ1n) is 4.93. The normalized spacial score (nSPS) is 12.2. The summed E-state index contributed by atoms with van der Waals surface area (Å²) in [5.74, 6) is -0.517. The topological polar surface area (TPSA) is 55.8 Å². The van der Waals surface area contributed by atoms with Crippen molar-refractivity contribution in [3.63, 3.8) is 0 Å². The Labute approximate surface area is 109 Å². The monoisotopic (exact) mass is 278 g/mol. The molecule has 0 saturated carbocycles. The second kappa shape index (κ2) is 6.69. The van der Waals surface area contributed by atoms with Crippen molar-refractivity contribution in [1.29, 1.82) is 0 Å². The smallest absolute Gasteiger partial charge is 0.332 e. The molecule has 0 aliphatic rings. The van der Waals surface area contributed by atoms with Gasteiger partial charge in [-0.15, -0.1) is 0 Å². The van der Waals surface area contributed by atoms with Crippen LogP contribution in [0.1, 0.15) is 6.92 Å². The Balaban J connectivity index is 2.34. The van der Waals surface area contributed by atoms with Gasteiger partial charge >= 0.3 is 5.97 Å². The number of benzene rings is 1. The minimum absolute atomic E-state index is 0.173. The highest BCUT2D eigenvalue weighted by molar-refractivity contribution is 6.35. The summed E-state index contributed by atoms with van der Waals surface area (Å²) in [5, 5.41) is 9.50. The highest BCUT2D eigenvalue weighted by Crippen LogP contribution is 2.27. The Kier molecular flexibility index (Phi) is 5.55. The molecule has 0 aromatic heterocycles. The number of rotatable bonds is 6. The number of hydrogen-bond donors (Lipinski definition) is 1. The van der Waals surface area contributed by atoms with E-state index in [2.05, 4.69) is 0 Å². The highest BCUT2D eigenvalue weighted by Gasteiger charge is 2.10. The van der Waals surface area contributed by atoms with E-state index in [1.165, 1.54) is 6.92 Å². The maximum atomic E-state index is 10.5. The predicted octanol–water partition coefficient (Wildman–Crippen LogP) is 2.86. The second-order valence-electron chi connectivity index (χ2n) is 3.27. The summed E-state index contributed by atoms with van der Waals surface area (Å²) in [4.78, 5) is 10.5. The number of carbonyl (C=O) groups is 1. The Hall–Kier alpha value is -0.970. The van der Waals surface area contributed by atoms with E-state index in [4.69, 9.17) is 37.8 Å². The van der Waals surface area contributed by atoms with Crippen molar-refractivity contribution in [2.24, 2.45) is 0 Å². The lowest BCUT2D eigenvalue weighted by molar-refractivity contribution is -0.149. The summed E-state index contributed by atoms with van der Waals surface area (Å²) >= 11 is 11.6. The molecule has 0 heterocycles. The molecule has 4 nitrogen and oxygen atoms in total. The Morgan fingerprint density at radius 1 is 1.41 bits per heavy atom. The largest absolute Gasteiger partial charge is 0.490 e. The number of carboxylic acid groups (broad SMARTS) is 1. The maximum absolute atomic E-state index is 10.5. The molecular formula is C11H12Cl2O4. The highest BCUT2D eigenvalue weighted by atomic mass is 35.5. The van der Waals surface area contributed by atoms with Crippen molar-refractivity contribution in [2.45, 2.75) is 13.0 Å². The number of hydrogen-bond acceptors (Lipinski definition) is 3. The SMILES string of the molecule is C[C@H](OCCOc1ccc(Cl)cc1Cl)C(=O)O. The third-order valence-corrected chi connectivity index (χ3v) is 2.48. The van der Waals surface area contributed by atoms with Gasteiger partial charge in [0.1, 0.15) is 12.4 Å². The molecule has 1 N–H and O–H groups in total. The minimum atomic E-state index is -1.01. The lowest BCUT2D eigenvalue weighted by Gasteiger charge is -2.10. The van der Waals surface area contributed by atoms with E-state index >= 15 is 0 Å². The van der Waals surface area contributed by atoms with Crippen LogP contribution >= 0.6 is 23.2 Å². The average Bonchev–Trinajstić information content (AvgIpc) is 2.26. The van der Waals surface area contributed by atoms with E-state index in [0.717, 1.165) is 0 Å². The molecule has 0 amide bonds. The van der Waals surface area contributed by atoms with Gasteiger partial charge in [-0.1, -0.05) is 23.2 Å². The van der Waals surface area contributed by atoms with E-state index in [1.807, 2.05) is 0 Å². The Bertz CT molecular complexity index is 395. The van der Waals surface area contributed by atoms with Crippen LogP contribution in [0.5, 0.6) is 5.75 Å². The van der Waals surface area contributed by atoms with Crippen LogP contribution in [0.25, 0.3) is 0 Å². The number of carboxylic acids is 1. The molecule has 0 aliphatic heterocycles. The summed E-state index contributed by atoms with van der Waals surface area (Å²) < 4.78 is 10.3. The van der Waals surface area contributed by atoms with Crippen LogP contribution in [-0.2, 0) is 9.53 Å². The van der Waals surface area contributed by atoms with E-state index in [0.29, 0.717) is 15.8 Å². The zero-order valence-electron chi connectivity index (χ0n) is 9.15.